The lowest BCUT2D eigenvalue weighted by molar-refractivity contribution is -0.137. The second-order valence-corrected chi connectivity index (χ2v) is 6.03. The molecule has 0 saturated carbocycles. The minimum absolute atomic E-state index is 0.183. The van der Waals surface area contributed by atoms with E-state index in [9.17, 15) is 18.0 Å². The summed E-state index contributed by atoms with van der Waals surface area (Å²) in [4.78, 5) is 16.2. The van der Waals surface area contributed by atoms with Crippen molar-refractivity contribution in [2.75, 3.05) is 0 Å². The number of amides is 1. The van der Waals surface area contributed by atoms with Gasteiger partial charge in [0.2, 0.25) is 5.91 Å². The van der Waals surface area contributed by atoms with Gasteiger partial charge in [-0.05, 0) is 30.5 Å². The maximum atomic E-state index is 12.9. The zero-order valence-corrected chi connectivity index (χ0v) is 14.3. The van der Waals surface area contributed by atoms with E-state index < -0.39 is 17.8 Å². The first kappa shape index (κ1) is 19.0. The Kier molecular flexibility index (Phi) is 6.22. The molecule has 0 unspecified atom stereocenters. The van der Waals surface area contributed by atoms with Gasteiger partial charge in [-0.15, -0.1) is 0 Å². The van der Waals surface area contributed by atoms with Gasteiger partial charge in [0.25, 0.3) is 0 Å². The Balaban J connectivity index is 2.05. The first-order valence-electron chi connectivity index (χ1n) is 8.23. The fourth-order valence-electron chi connectivity index (χ4n) is 2.68. The molecule has 2 aromatic rings. The molecule has 1 N–H and O–H groups in total. The van der Waals surface area contributed by atoms with Crippen LogP contribution in [0.1, 0.15) is 49.0 Å². The van der Waals surface area contributed by atoms with E-state index in [0.717, 1.165) is 24.2 Å². The van der Waals surface area contributed by atoms with Gasteiger partial charge < -0.3 is 9.88 Å². The van der Waals surface area contributed by atoms with Crippen molar-refractivity contribution >= 4 is 5.91 Å². The Labute approximate surface area is 145 Å². The molecule has 0 aliphatic rings. The van der Waals surface area contributed by atoms with E-state index in [1.165, 1.54) is 6.07 Å². The van der Waals surface area contributed by atoms with E-state index in [1.54, 1.807) is 18.6 Å². The number of halogens is 3. The molecule has 0 aliphatic heterocycles. The highest BCUT2D eigenvalue weighted by atomic mass is 19.4. The molecule has 0 spiro atoms. The minimum Gasteiger partial charge on any atom is -0.349 e. The maximum absolute atomic E-state index is 12.9. The van der Waals surface area contributed by atoms with Crippen molar-refractivity contribution in [3.05, 3.63) is 53.6 Å². The van der Waals surface area contributed by atoms with E-state index in [-0.39, 0.29) is 12.3 Å². The Morgan fingerprint density at radius 2 is 2.12 bits per heavy atom. The summed E-state index contributed by atoms with van der Waals surface area (Å²) < 4.78 is 40.5. The van der Waals surface area contributed by atoms with Crippen molar-refractivity contribution < 1.29 is 18.0 Å². The Morgan fingerprint density at radius 3 is 2.72 bits per heavy atom. The van der Waals surface area contributed by atoms with Crippen LogP contribution >= 0.6 is 0 Å². The third kappa shape index (κ3) is 5.34. The fourth-order valence-corrected chi connectivity index (χ4v) is 2.68. The number of rotatable bonds is 7. The number of alkyl halides is 3. The molecule has 0 fully saturated rings. The van der Waals surface area contributed by atoms with Gasteiger partial charge in [-0.25, -0.2) is 4.98 Å². The van der Waals surface area contributed by atoms with Gasteiger partial charge in [-0.2, -0.15) is 13.2 Å². The highest BCUT2D eigenvalue weighted by molar-refractivity contribution is 5.76. The second-order valence-electron chi connectivity index (χ2n) is 6.03. The van der Waals surface area contributed by atoms with Crippen LogP contribution in [-0.4, -0.2) is 15.5 Å². The molecule has 25 heavy (non-hydrogen) atoms. The van der Waals surface area contributed by atoms with Crippen LogP contribution in [0, 0.1) is 0 Å². The molecule has 7 heteroatoms. The number of nitrogens with one attached hydrogen (secondary N) is 1. The van der Waals surface area contributed by atoms with Crippen molar-refractivity contribution in [2.24, 2.45) is 7.05 Å². The average Bonchev–Trinajstić information content (AvgIpc) is 2.97. The van der Waals surface area contributed by atoms with Crippen molar-refractivity contribution in [1.82, 2.24) is 14.9 Å². The highest BCUT2D eigenvalue weighted by Crippen LogP contribution is 2.31. The van der Waals surface area contributed by atoms with Gasteiger partial charge in [0.1, 0.15) is 0 Å². The number of aromatic nitrogens is 2. The van der Waals surface area contributed by atoms with E-state index in [2.05, 4.69) is 10.3 Å². The van der Waals surface area contributed by atoms with E-state index >= 15 is 0 Å². The van der Waals surface area contributed by atoms with E-state index in [1.807, 2.05) is 18.5 Å². The Hall–Kier alpha value is -2.31. The lowest BCUT2D eigenvalue weighted by atomic mass is 9.99. The summed E-state index contributed by atoms with van der Waals surface area (Å²) in [7, 11) is 1.85. The monoisotopic (exact) mass is 353 g/mol. The minimum atomic E-state index is -4.39. The largest absolute Gasteiger partial charge is 0.416 e. The molecule has 1 atom stereocenters. The number of carbonyl (C=O) groups excluding carboxylic acids is 1. The van der Waals surface area contributed by atoms with Gasteiger partial charge >= 0.3 is 6.18 Å². The number of hydrogen-bond acceptors (Lipinski definition) is 2. The predicted molar refractivity (Wildman–Crippen MR) is 88.8 cm³/mol. The third-order valence-corrected chi connectivity index (χ3v) is 4.05. The van der Waals surface area contributed by atoms with Crippen molar-refractivity contribution in [3.8, 4) is 0 Å². The zero-order valence-electron chi connectivity index (χ0n) is 14.3. The number of nitrogens with zero attached hydrogens (tertiary/aromatic N) is 2. The fraction of sp³-hybridized carbons (Fsp3) is 0.444. The first-order valence-corrected chi connectivity index (χ1v) is 8.23. The number of carbonyl (C=O) groups is 1. The molecule has 4 nitrogen and oxygen atoms in total. The standard InChI is InChI=1S/C18H22F3N3O/c1-3-5-16(13-6-4-7-14(10-13)18(19,20)21)23-17(25)9-8-15-11-22-12-24(15)2/h4,6-7,10-12,16H,3,5,8-9H2,1-2H3,(H,23,25)/t16-/m0/s1. The van der Waals surface area contributed by atoms with Crippen molar-refractivity contribution in [1.29, 1.82) is 0 Å². The topological polar surface area (TPSA) is 46.9 Å². The van der Waals surface area contributed by atoms with Crippen molar-refractivity contribution in [3.63, 3.8) is 0 Å². The average molecular weight is 353 g/mol. The molecule has 0 saturated heterocycles. The Morgan fingerprint density at radius 1 is 1.36 bits per heavy atom. The van der Waals surface area contributed by atoms with Crippen molar-refractivity contribution in [2.45, 2.75) is 44.8 Å². The van der Waals surface area contributed by atoms with Gasteiger partial charge in [-0.3, -0.25) is 4.79 Å². The molecule has 0 bridgehead atoms. The molecule has 1 heterocycles. The lowest BCUT2D eigenvalue weighted by Crippen LogP contribution is -2.29. The van der Waals surface area contributed by atoms with Crippen LogP contribution < -0.4 is 5.32 Å². The number of aryl methyl sites for hydroxylation is 2. The van der Waals surface area contributed by atoms with Crippen LogP contribution in [0.3, 0.4) is 0 Å². The van der Waals surface area contributed by atoms with E-state index in [0.29, 0.717) is 18.4 Å². The molecule has 0 radical (unpaired) electrons. The van der Waals surface area contributed by atoms with Crippen LogP contribution in [-0.2, 0) is 24.4 Å². The molecular formula is C18H22F3N3O. The first-order chi connectivity index (χ1) is 11.8. The second kappa shape index (κ2) is 8.18. The van der Waals surface area contributed by atoms with Crippen LogP contribution in [0.25, 0.3) is 0 Å². The molecule has 2 rings (SSSR count). The highest BCUT2D eigenvalue weighted by Gasteiger charge is 2.31. The number of imidazole rings is 1. The normalized spacial score (nSPS) is 12.8. The number of hydrogen-bond donors (Lipinski definition) is 1. The molecule has 0 aliphatic carbocycles. The lowest BCUT2D eigenvalue weighted by Gasteiger charge is -2.20. The predicted octanol–water partition coefficient (Wildman–Crippen LogP) is 4.03. The van der Waals surface area contributed by atoms with Crippen LogP contribution in [0.15, 0.2) is 36.8 Å². The number of benzene rings is 1. The maximum Gasteiger partial charge on any atom is 0.416 e. The Bertz CT molecular complexity index is 710. The summed E-state index contributed by atoms with van der Waals surface area (Å²) in [6, 6.07) is 4.73. The zero-order chi connectivity index (χ0) is 18.4. The molecule has 1 amide bonds. The summed E-state index contributed by atoms with van der Waals surface area (Å²) in [5.74, 6) is -0.183. The summed E-state index contributed by atoms with van der Waals surface area (Å²) in [5, 5.41) is 2.86. The third-order valence-electron chi connectivity index (χ3n) is 4.05. The molecular weight excluding hydrogens is 331 g/mol. The molecule has 1 aromatic heterocycles. The summed E-state index contributed by atoms with van der Waals surface area (Å²) >= 11 is 0. The summed E-state index contributed by atoms with van der Waals surface area (Å²) in [6.07, 6.45) is 1.10. The smallest absolute Gasteiger partial charge is 0.349 e. The SMILES string of the molecule is CCC[C@H](NC(=O)CCc1cncn1C)c1cccc(C(F)(F)F)c1. The van der Waals surface area contributed by atoms with Gasteiger partial charge in [0.05, 0.1) is 17.9 Å². The quantitative estimate of drug-likeness (QED) is 0.817. The van der Waals surface area contributed by atoms with Crippen LogP contribution in [0.2, 0.25) is 0 Å². The van der Waals surface area contributed by atoms with E-state index in [4.69, 9.17) is 0 Å². The van der Waals surface area contributed by atoms with Gasteiger partial charge in [-0.1, -0.05) is 25.5 Å². The molecule has 1 aromatic carbocycles. The summed E-state index contributed by atoms with van der Waals surface area (Å²) in [5.41, 5.74) is 0.710. The van der Waals surface area contributed by atoms with Crippen LogP contribution in [0.5, 0.6) is 0 Å². The molecule has 136 valence electrons. The summed E-state index contributed by atoms with van der Waals surface area (Å²) in [6.45, 7) is 1.93. The van der Waals surface area contributed by atoms with Gasteiger partial charge in [0, 0.05) is 25.4 Å². The van der Waals surface area contributed by atoms with Crippen LogP contribution in [0.4, 0.5) is 13.2 Å². The van der Waals surface area contributed by atoms with Gasteiger partial charge in [0.15, 0.2) is 0 Å².